The van der Waals surface area contributed by atoms with Gasteiger partial charge in [-0.3, -0.25) is 9.36 Å². The number of likely N-dealkylation sites (tertiary alicyclic amines) is 1. The first-order chi connectivity index (χ1) is 12.5. The van der Waals surface area contributed by atoms with E-state index < -0.39 is 6.04 Å². The van der Waals surface area contributed by atoms with Crippen molar-refractivity contribution < 1.29 is 4.79 Å². The van der Waals surface area contributed by atoms with Crippen molar-refractivity contribution >= 4 is 29.1 Å². The molecule has 1 fully saturated rings. The van der Waals surface area contributed by atoms with Gasteiger partial charge in [-0.25, -0.2) is 9.48 Å². The molecule has 1 aromatic carbocycles. The van der Waals surface area contributed by atoms with Crippen LogP contribution in [0.1, 0.15) is 43.1 Å². The summed E-state index contributed by atoms with van der Waals surface area (Å²) in [6, 6.07) is 4.76. The molecule has 26 heavy (non-hydrogen) atoms. The Hall–Kier alpha value is -1.79. The maximum absolute atomic E-state index is 12.9. The van der Waals surface area contributed by atoms with Crippen molar-refractivity contribution in [3.05, 3.63) is 50.1 Å². The Morgan fingerprint density at radius 3 is 2.50 bits per heavy atom. The molecule has 2 aliphatic rings. The average Bonchev–Trinajstić information content (AvgIpc) is 3.22. The summed E-state index contributed by atoms with van der Waals surface area (Å²) in [5.74, 6) is 0.739. The van der Waals surface area contributed by atoms with Gasteiger partial charge in [0.15, 0.2) is 0 Å². The quantitative estimate of drug-likeness (QED) is 0.803. The normalized spacial score (nSPS) is 19.6. The first-order valence-electron chi connectivity index (χ1n) is 8.95. The van der Waals surface area contributed by atoms with E-state index in [-0.39, 0.29) is 18.1 Å². The first-order valence-corrected chi connectivity index (χ1v) is 9.70. The van der Waals surface area contributed by atoms with Crippen LogP contribution in [-0.2, 0) is 17.8 Å². The SMILES string of the molecule is O=C([C@H]1CCCc2nn(Cc3cc(Cl)cc(Cl)c3)c(=O)n21)N1CCCC1. The highest BCUT2D eigenvalue weighted by Gasteiger charge is 2.34. The van der Waals surface area contributed by atoms with Gasteiger partial charge in [-0.2, -0.15) is 5.10 Å². The van der Waals surface area contributed by atoms with E-state index in [1.165, 1.54) is 4.68 Å². The molecule has 138 valence electrons. The van der Waals surface area contributed by atoms with Gasteiger partial charge in [-0.05, 0) is 49.4 Å². The van der Waals surface area contributed by atoms with Gasteiger partial charge in [0.05, 0.1) is 6.54 Å². The van der Waals surface area contributed by atoms with Crippen molar-refractivity contribution in [3.8, 4) is 0 Å². The van der Waals surface area contributed by atoms with Crippen LogP contribution in [0.5, 0.6) is 0 Å². The Morgan fingerprint density at radius 1 is 1.12 bits per heavy atom. The second kappa shape index (κ2) is 7.08. The fraction of sp³-hybridized carbons (Fsp3) is 0.500. The molecule has 1 saturated heterocycles. The molecule has 1 atom stereocenters. The number of benzene rings is 1. The minimum Gasteiger partial charge on any atom is -0.341 e. The van der Waals surface area contributed by atoms with Crippen LogP contribution < -0.4 is 5.69 Å². The molecule has 2 aromatic rings. The van der Waals surface area contributed by atoms with Gasteiger partial charge in [0.2, 0.25) is 5.91 Å². The van der Waals surface area contributed by atoms with Crippen molar-refractivity contribution in [1.82, 2.24) is 19.2 Å². The summed E-state index contributed by atoms with van der Waals surface area (Å²) in [4.78, 5) is 27.7. The Labute approximate surface area is 161 Å². The smallest absolute Gasteiger partial charge is 0.341 e. The monoisotopic (exact) mass is 394 g/mol. The number of nitrogens with zero attached hydrogens (tertiary/aromatic N) is 4. The van der Waals surface area contributed by atoms with E-state index in [9.17, 15) is 9.59 Å². The lowest BCUT2D eigenvalue weighted by molar-refractivity contribution is -0.134. The van der Waals surface area contributed by atoms with Gasteiger partial charge in [-0.1, -0.05) is 23.2 Å². The molecule has 0 saturated carbocycles. The van der Waals surface area contributed by atoms with Crippen LogP contribution in [0.4, 0.5) is 0 Å². The molecule has 0 unspecified atom stereocenters. The maximum Gasteiger partial charge on any atom is 0.346 e. The van der Waals surface area contributed by atoms with E-state index in [0.717, 1.165) is 37.9 Å². The van der Waals surface area contributed by atoms with Gasteiger partial charge < -0.3 is 4.90 Å². The van der Waals surface area contributed by atoms with Crippen molar-refractivity contribution in [3.63, 3.8) is 0 Å². The Morgan fingerprint density at radius 2 is 1.81 bits per heavy atom. The summed E-state index contributed by atoms with van der Waals surface area (Å²) in [7, 11) is 0. The second-order valence-corrected chi connectivity index (χ2v) is 7.82. The predicted molar refractivity (Wildman–Crippen MR) is 99.8 cm³/mol. The zero-order valence-electron chi connectivity index (χ0n) is 14.3. The fourth-order valence-electron chi connectivity index (χ4n) is 3.89. The maximum atomic E-state index is 12.9. The molecule has 0 spiro atoms. The molecule has 2 aliphatic heterocycles. The van der Waals surface area contributed by atoms with Crippen molar-refractivity contribution in [2.45, 2.75) is 44.7 Å². The number of carbonyl (C=O) groups excluding carboxylic acids is 1. The predicted octanol–water partition coefficient (Wildman–Crippen LogP) is 2.90. The summed E-state index contributed by atoms with van der Waals surface area (Å²) < 4.78 is 3.00. The van der Waals surface area contributed by atoms with Crippen LogP contribution in [0.15, 0.2) is 23.0 Å². The number of aromatic nitrogens is 3. The van der Waals surface area contributed by atoms with E-state index in [4.69, 9.17) is 23.2 Å². The highest BCUT2D eigenvalue weighted by atomic mass is 35.5. The van der Waals surface area contributed by atoms with Gasteiger partial charge >= 0.3 is 5.69 Å². The van der Waals surface area contributed by atoms with Gasteiger partial charge in [0.1, 0.15) is 11.9 Å². The fourth-order valence-corrected chi connectivity index (χ4v) is 4.46. The molecule has 0 bridgehead atoms. The number of halogens is 2. The van der Waals surface area contributed by atoms with Crippen LogP contribution in [0.25, 0.3) is 0 Å². The highest BCUT2D eigenvalue weighted by Crippen LogP contribution is 2.26. The highest BCUT2D eigenvalue weighted by molar-refractivity contribution is 6.34. The number of hydrogen-bond donors (Lipinski definition) is 0. The third-order valence-corrected chi connectivity index (χ3v) is 5.52. The Bertz CT molecular complexity index is 879. The molecule has 0 aliphatic carbocycles. The van der Waals surface area contributed by atoms with E-state index in [0.29, 0.717) is 28.7 Å². The summed E-state index contributed by atoms with van der Waals surface area (Å²) >= 11 is 12.1. The van der Waals surface area contributed by atoms with Gasteiger partial charge in [0, 0.05) is 29.6 Å². The summed E-state index contributed by atoms with van der Waals surface area (Å²) in [6.45, 7) is 1.85. The Kier molecular flexibility index (Phi) is 4.80. The molecule has 4 rings (SSSR count). The average molecular weight is 395 g/mol. The molecule has 0 N–H and O–H groups in total. The van der Waals surface area contributed by atoms with Gasteiger partial charge in [-0.15, -0.1) is 0 Å². The zero-order chi connectivity index (χ0) is 18.3. The minimum absolute atomic E-state index is 0.0518. The lowest BCUT2D eigenvalue weighted by atomic mass is 10.0. The van der Waals surface area contributed by atoms with E-state index >= 15 is 0 Å². The topological polar surface area (TPSA) is 60.1 Å². The Balaban J connectivity index is 1.65. The van der Waals surface area contributed by atoms with Crippen LogP contribution in [-0.4, -0.2) is 38.2 Å². The molecular formula is C18H20Cl2N4O2. The number of hydrogen-bond acceptors (Lipinski definition) is 3. The van der Waals surface area contributed by atoms with Crippen molar-refractivity contribution in [1.29, 1.82) is 0 Å². The van der Waals surface area contributed by atoms with Crippen molar-refractivity contribution in [2.75, 3.05) is 13.1 Å². The zero-order valence-corrected chi connectivity index (χ0v) is 15.8. The van der Waals surface area contributed by atoms with Crippen molar-refractivity contribution in [2.24, 2.45) is 0 Å². The molecule has 8 heteroatoms. The molecular weight excluding hydrogens is 375 g/mol. The summed E-state index contributed by atoms with van der Waals surface area (Å²) in [5.41, 5.74) is 0.566. The summed E-state index contributed by atoms with van der Waals surface area (Å²) in [5, 5.41) is 5.51. The lowest BCUT2D eigenvalue weighted by Crippen LogP contribution is -2.41. The number of carbonyl (C=O) groups is 1. The number of fused-ring (bicyclic) bond motifs is 1. The molecule has 1 aromatic heterocycles. The lowest BCUT2D eigenvalue weighted by Gasteiger charge is -2.27. The van der Waals surface area contributed by atoms with Crippen LogP contribution >= 0.6 is 23.2 Å². The van der Waals surface area contributed by atoms with Crippen LogP contribution in [0, 0.1) is 0 Å². The minimum atomic E-state index is -0.430. The first kappa shape index (κ1) is 17.6. The molecule has 0 radical (unpaired) electrons. The standard InChI is InChI=1S/C18H20Cl2N4O2/c19-13-8-12(9-14(20)10-13)11-23-18(26)24-15(4-3-5-16(24)21-23)17(25)22-6-1-2-7-22/h8-10,15H,1-7,11H2/t15-/m1/s1. The second-order valence-electron chi connectivity index (χ2n) is 6.94. The third-order valence-electron chi connectivity index (χ3n) is 5.09. The van der Waals surface area contributed by atoms with E-state index in [1.807, 2.05) is 4.90 Å². The third kappa shape index (κ3) is 3.28. The molecule has 3 heterocycles. The summed E-state index contributed by atoms with van der Waals surface area (Å²) in [6.07, 6.45) is 4.34. The van der Waals surface area contributed by atoms with E-state index in [1.54, 1.807) is 22.8 Å². The number of amides is 1. The largest absolute Gasteiger partial charge is 0.346 e. The van der Waals surface area contributed by atoms with Crippen LogP contribution in [0.2, 0.25) is 10.0 Å². The molecule has 6 nitrogen and oxygen atoms in total. The number of aryl methyl sites for hydroxylation is 1. The number of rotatable bonds is 3. The van der Waals surface area contributed by atoms with Gasteiger partial charge in [0.25, 0.3) is 0 Å². The van der Waals surface area contributed by atoms with Crippen LogP contribution in [0.3, 0.4) is 0 Å². The molecule has 1 amide bonds. The van der Waals surface area contributed by atoms with E-state index in [2.05, 4.69) is 5.10 Å².